The Bertz CT molecular complexity index is 1590. The Morgan fingerprint density at radius 2 is 1.94 bits per heavy atom. The highest BCUT2D eigenvalue weighted by Gasteiger charge is 2.33. The number of ether oxygens (including phenoxy) is 3. The van der Waals surface area contributed by atoms with E-state index in [2.05, 4.69) is 4.99 Å². The molecule has 0 saturated heterocycles. The number of carbonyl (C=O) groups excluding carboxylic acids is 2. The standard InChI is InChI=1S/C25H20ClFN2O6S/c1-12-21(24(32)34-4)22(14-8-9-18(35-13(2)30)19(10-14)33-3)29-23(31)20(36-25(29)28-12)11-15-16(26)6-5-7-17(15)27/h5-11,22H,1-4H3. The number of esters is 2. The van der Waals surface area contributed by atoms with Gasteiger partial charge in [-0.1, -0.05) is 35.1 Å². The van der Waals surface area contributed by atoms with Crippen molar-refractivity contribution in [2.45, 2.75) is 19.9 Å². The molecule has 0 saturated carbocycles. The van der Waals surface area contributed by atoms with Crippen LogP contribution in [0.4, 0.5) is 4.39 Å². The number of benzene rings is 2. The molecule has 186 valence electrons. The van der Waals surface area contributed by atoms with Crippen LogP contribution in [0.5, 0.6) is 11.5 Å². The van der Waals surface area contributed by atoms with Gasteiger partial charge >= 0.3 is 11.9 Å². The van der Waals surface area contributed by atoms with E-state index in [1.165, 1.54) is 56.1 Å². The molecule has 8 nitrogen and oxygen atoms in total. The third-order valence-corrected chi connectivity index (χ3v) is 6.77. The van der Waals surface area contributed by atoms with Crippen molar-refractivity contribution in [3.63, 3.8) is 0 Å². The highest BCUT2D eigenvalue weighted by atomic mass is 35.5. The van der Waals surface area contributed by atoms with Gasteiger partial charge in [0.1, 0.15) is 5.82 Å². The van der Waals surface area contributed by atoms with Crippen LogP contribution in [0, 0.1) is 5.82 Å². The number of fused-ring (bicyclic) bond motifs is 1. The maximum Gasteiger partial charge on any atom is 0.338 e. The Labute approximate surface area is 213 Å². The molecule has 2 aromatic carbocycles. The molecule has 1 aliphatic heterocycles. The number of hydrogen-bond donors (Lipinski definition) is 0. The minimum atomic E-state index is -0.938. The van der Waals surface area contributed by atoms with Crippen LogP contribution >= 0.6 is 22.9 Å². The molecule has 0 bridgehead atoms. The second kappa shape index (κ2) is 10.1. The molecule has 3 aromatic rings. The number of aromatic nitrogens is 1. The summed E-state index contributed by atoms with van der Waals surface area (Å²) in [4.78, 5) is 42.6. The number of rotatable bonds is 5. The molecule has 11 heteroatoms. The average molecular weight is 531 g/mol. The van der Waals surface area contributed by atoms with Gasteiger partial charge in [-0.05, 0) is 42.8 Å². The van der Waals surface area contributed by atoms with Crippen LogP contribution in [0.2, 0.25) is 5.02 Å². The molecule has 1 aliphatic rings. The van der Waals surface area contributed by atoms with E-state index in [1.807, 2.05) is 0 Å². The topological polar surface area (TPSA) is 96.2 Å². The van der Waals surface area contributed by atoms with Gasteiger partial charge in [0.2, 0.25) is 0 Å². The van der Waals surface area contributed by atoms with E-state index >= 15 is 0 Å². The zero-order valence-corrected chi connectivity index (χ0v) is 21.2. The first-order chi connectivity index (χ1) is 17.2. The number of hydrogen-bond acceptors (Lipinski definition) is 8. The molecule has 1 aromatic heterocycles. The van der Waals surface area contributed by atoms with Crippen molar-refractivity contribution >= 4 is 41.0 Å². The van der Waals surface area contributed by atoms with Crippen LogP contribution in [-0.4, -0.2) is 30.7 Å². The molecule has 1 unspecified atom stereocenters. The zero-order valence-electron chi connectivity index (χ0n) is 19.6. The van der Waals surface area contributed by atoms with Crippen molar-refractivity contribution in [1.82, 2.24) is 4.57 Å². The lowest BCUT2D eigenvalue weighted by Gasteiger charge is -2.25. The largest absolute Gasteiger partial charge is 0.493 e. The number of methoxy groups -OCH3 is 2. The molecule has 0 amide bonds. The molecule has 0 fully saturated rings. The van der Waals surface area contributed by atoms with E-state index in [9.17, 15) is 18.8 Å². The number of carbonyl (C=O) groups is 2. The van der Waals surface area contributed by atoms with Crippen molar-refractivity contribution in [2.75, 3.05) is 14.2 Å². The van der Waals surface area contributed by atoms with Crippen molar-refractivity contribution in [1.29, 1.82) is 0 Å². The monoisotopic (exact) mass is 530 g/mol. The second-order valence-corrected chi connectivity index (χ2v) is 9.13. The zero-order chi connectivity index (χ0) is 26.1. The van der Waals surface area contributed by atoms with Crippen molar-refractivity contribution < 1.29 is 28.2 Å². The van der Waals surface area contributed by atoms with E-state index in [0.29, 0.717) is 16.1 Å². The third kappa shape index (κ3) is 4.57. The Hall–Kier alpha value is -3.76. The van der Waals surface area contributed by atoms with Crippen LogP contribution in [0.1, 0.15) is 31.0 Å². The van der Waals surface area contributed by atoms with Crippen LogP contribution in [0.15, 0.2) is 57.5 Å². The summed E-state index contributed by atoms with van der Waals surface area (Å²) < 4.78 is 31.5. The maximum atomic E-state index is 14.4. The summed E-state index contributed by atoms with van der Waals surface area (Å²) in [6.07, 6.45) is 1.36. The Balaban J connectivity index is 1.99. The maximum absolute atomic E-state index is 14.4. The highest BCUT2D eigenvalue weighted by molar-refractivity contribution is 7.07. The Kier molecular flexibility index (Phi) is 7.09. The fraction of sp³-hybridized carbons (Fsp3) is 0.200. The first-order valence-corrected chi connectivity index (χ1v) is 11.8. The lowest BCUT2D eigenvalue weighted by atomic mass is 9.95. The molecule has 0 aliphatic carbocycles. The van der Waals surface area contributed by atoms with Gasteiger partial charge in [-0.25, -0.2) is 14.2 Å². The van der Waals surface area contributed by atoms with E-state index in [0.717, 1.165) is 11.3 Å². The molecule has 36 heavy (non-hydrogen) atoms. The van der Waals surface area contributed by atoms with Crippen LogP contribution in [0.3, 0.4) is 0 Å². The molecule has 1 atom stereocenters. The minimum absolute atomic E-state index is 0.0669. The summed E-state index contributed by atoms with van der Waals surface area (Å²) in [5.74, 6) is -1.39. The summed E-state index contributed by atoms with van der Waals surface area (Å²) in [5, 5.41) is 0.148. The van der Waals surface area contributed by atoms with E-state index < -0.39 is 29.4 Å². The Morgan fingerprint density at radius 1 is 1.19 bits per heavy atom. The normalized spacial score (nSPS) is 15.3. The van der Waals surface area contributed by atoms with Crippen LogP contribution in [0.25, 0.3) is 6.08 Å². The van der Waals surface area contributed by atoms with Gasteiger partial charge in [0.15, 0.2) is 16.3 Å². The molecule has 0 N–H and O–H groups in total. The van der Waals surface area contributed by atoms with Crippen molar-refractivity contribution in [3.8, 4) is 11.5 Å². The summed E-state index contributed by atoms with van der Waals surface area (Å²) in [6, 6.07) is 7.98. The number of nitrogens with zero attached hydrogens (tertiary/aromatic N) is 2. The minimum Gasteiger partial charge on any atom is -0.493 e. The molecule has 0 spiro atoms. The third-order valence-electron chi connectivity index (χ3n) is 5.46. The van der Waals surface area contributed by atoms with Crippen molar-refractivity contribution in [3.05, 3.63) is 89.3 Å². The molecule has 4 rings (SSSR count). The Morgan fingerprint density at radius 3 is 2.58 bits per heavy atom. The summed E-state index contributed by atoms with van der Waals surface area (Å²) in [5.41, 5.74) is 0.542. The predicted octanol–water partition coefficient (Wildman–Crippen LogP) is 3.13. The summed E-state index contributed by atoms with van der Waals surface area (Å²) in [6.45, 7) is 2.89. The van der Waals surface area contributed by atoms with Gasteiger partial charge in [-0.2, -0.15) is 0 Å². The fourth-order valence-corrected chi connectivity index (χ4v) is 5.13. The van der Waals surface area contributed by atoms with Gasteiger partial charge in [-0.3, -0.25) is 14.2 Å². The van der Waals surface area contributed by atoms with Crippen molar-refractivity contribution in [2.24, 2.45) is 4.99 Å². The van der Waals surface area contributed by atoms with E-state index in [1.54, 1.807) is 19.1 Å². The molecular weight excluding hydrogens is 511 g/mol. The first kappa shape index (κ1) is 25.3. The lowest BCUT2D eigenvalue weighted by molar-refractivity contribution is -0.136. The van der Waals surface area contributed by atoms with Gasteiger partial charge in [0, 0.05) is 12.5 Å². The van der Waals surface area contributed by atoms with Gasteiger partial charge in [0.05, 0.1) is 41.1 Å². The first-order valence-electron chi connectivity index (χ1n) is 10.6. The molecule has 2 heterocycles. The smallest absolute Gasteiger partial charge is 0.338 e. The SMILES string of the molecule is COC(=O)C1=C(C)N=c2sc(=Cc3c(F)cccc3Cl)c(=O)n2C1c1ccc(OC(C)=O)c(OC)c1. The van der Waals surface area contributed by atoms with E-state index in [-0.39, 0.29) is 32.2 Å². The van der Waals surface area contributed by atoms with Crippen LogP contribution in [-0.2, 0) is 14.3 Å². The number of allylic oxidation sites excluding steroid dienone is 1. The van der Waals surface area contributed by atoms with Crippen LogP contribution < -0.4 is 24.4 Å². The van der Waals surface area contributed by atoms with Gasteiger partial charge in [0.25, 0.3) is 5.56 Å². The quantitative estimate of drug-likeness (QED) is 0.371. The average Bonchev–Trinajstić information content (AvgIpc) is 3.14. The summed E-state index contributed by atoms with van der Waals surface area (Å²) >= 11 is 7.19. The van der Waals surface area contributed by atoms with Gasteiger partial charge < -0.3 is 14.2 Å². The van der Waals surface area contributed by atoms with E-state index in [4.69, 9.17) is 25.8 Å². The predicted molar refractivity (Wildman–Crippen MR) is 131 cm³/mol. The summed E-state index contributed by atoms with van der Waals surface area (Å²) in [7, 11) is 2.63. The number of halogens is 2. The lowest BCUT2D eigenvalue weighted by Crippen LogP contribution is -2.39. The second-order valence-electron chi connectivity index (χ2n) is 7.71. The fourth-order valence-electron chi connectivity index (χ4n) is 3.88. The highest BCUT2D eigenvalue weighted by Crippen LogP contribution is 2.36. The molecule has 0 radical (unpaired) electrons. The van der Waals surface area contributed by atoms with Gasteiger partial charge in [-0.15, -0.1) is 0 Å². The molecular formula is C25H20ClFN2O6S. The number of thiazole rings is 1.